The van der Waals surface area contributed by atoms with Crippen molar-refractivity contribution in [2.24, 2.45) is 7.05 Å². The normalized spacial score (nSPS) is 11.7. The van der Waals surface area contributed by atoms with Crippen molar-refractivity contribution in [3.63, 3.8) is 0 Å². The molecule has 9 heteroatoms. The van der Waals surface area contributed by atoms with Gasteiger partial charge in [0.2, 0.25) is 0 Å². The van der Waals surface area contributed by atoms with E-state index in [9.17, 15) is 4.39 Å². The zero-order valence-electron chi connectivity index (χ0n) is 15.7. The molecule has 0 fully saturated rings. The molecule has 6 rings (SSSR count). The van der Waals surface area contributed by atoms with Crippen molar-refractivity contribution in [3.8, 4) is 33.0 Å². The molecule has 0 aliphatic carbocycles. The number of rotatable bonds is 3. The zero-order chi connectivity index (χ0) is 20.2. The van der Waals surface area contributed by atoms with Crippen molar-refractivity contribution in [1.82, 2.24) is 34.9 Å². The first kappa shape index (κ1) is 17.0. The average Bonchev–Trinajstić information content (AvgIpc) is 3.52. The van der Waals surface area contributed by atoms with E-state index in [1.54, 1.807) is 23.1 Å². The fourth-order valence-corrected chi connectivity index (χ4v) is 4.44. The first-order valence-corrected chi connectivity index (χ1v) is 10.0. The van der Waals surface area contributed by atoms with Gasteiger partial charge in [-0.15, -0.1) is 11.3 Å². The van der Waals surface area contributed by atoms with Gasteiger partial charge in [-0.05, 0) is 30.3 Å². The Hall–Kier alpha value is -3.85. The number of pyridine rings is 2. The topological polar surface area (TPSA) is 88.1 Å². The number of thiophene rings is 1. The number of hydrogen-bond donors (Lipinski definition) is 2. The van der Waals surface area contributed by atoms with Gasteiger partial charge < -0.3 is 4.98 Å². The summed E-state index contributed by atoms with van der Waals surface area (Å²) in [5, 5.41) is 13.3. The second kappa shape index (κ2) is 6.33. The fraction of sp³-hybridized carbons (Fsp3) is 0.0476. The number of H-pyrrole nitrogens is 2. The summed E-state index contributed by atoms with van der Waals surface area (Å²) in [7, 11) is 1.88. The van der Waals surface area contributed by atoms with Crippen LogP contribution in [0.4, 0.5) is 4.39 Å². The van der Waals surface area contributed by atoms with Crippen LogP contribution in [-0.2, 0) is 7.05 Å². The zero-order valence-corrected chi connectivity index (χ0v) is 16.5. The molecule has 6 aromatic rings. The van der Waals surface area contributed by atoms with Gasteiger partial charge in [-0.1, -0.05) is 0 Å². The van der Waals surface area contributed by atoms with Crippen molar-refractivity contribution >= 4 is 33.4 Å². The molecule has 0 amide bonds. The standard InChI is InChI=1S/C21H14FN7S/c1-29-10-12(9-25-29)11-6-15-19(27-28-21(15)24-8-11)16-7-14-13(4-5-23-20(14)26-16)17-2-3-18(22)30-17/h2-10H,1H3,(H,23,26)(H,24,27,28). The maximum Gasteiger partial charge on any atom is 0.176 e. The second-order valence-electron chi connectivity index (χ2n) is 7.00. The quantitative estimate of drug-likeness (QED) is 0.436. The Balaban J connectivity index is 1.52. The van der Waals surface area contributed by atoms with Gasteiger partial charge in [0.25, 0.3) is 0 Å². The lowest BCUT2D eigenvalue weighted by Gasteiger charge is -1.98. The molecule has 0 radical (unpaired) electrons. The molecule has 0 atom stereocenters. The Morgan fingerprint density at radius 2 is 1.93 bits per heavy atom. The highest BCUT2D eigenvalue weighted by Gasteiger charge is 2.16. The smallest absolute Gasteiger partial charge is 0.176 e. The van der Waals surface area contributed by atoms with Gasteiger partial charge in [-0.3, -0.25) is 9.78 Å². The monoisotopic (exact) mass is 415 g/mol. The summed E-state index contributed by atoms with van der Waals surface area (Å²) < 4.78 is 15.3. The molecule has 2 N–H and O–H groups in total. The van der Waals surface area contributed by atoms with Gasteiger partial charge >= 0.3 is 0 Å². The van der Waals surface area contributed by atoms with Gasteiger partial charge in [0.05, 0.1) is 11.9 Å². The van der Waals surface area contributed by atoms with E-state index in [-0.39, 0.29) is 5.13 Å². The Bertz CT molecular complexity index is 1540. The number of aromatic nitrogens is 7. The summed E-state index contributed by atoms with van der Waals surface area (Å²) in [5.41, 5.74) is 5.88. The van der Waals surface area contributed by atoms with Crippen LogP contribution in [0.2, 0.25) is 0 Å². The minimum Gasteiger partial charge on any atom is -0.338 e. The van der Waals surface area contributed by atoms with E-state index in [4.69, 9.17) is 0 Å². The van der Waals surface area contributed by atoms with E-state index in [1.165, 1.54) is 6.07 Å². The molecule has 0 aliphatic rings. The molecule has 0 bridgehead atoms. The Morgan fingerprint density at radius 3 is 2.73 bits per heavy atom. The molecule has 146 valence electrons. The molecule has 30 heavy (non-hydrogen) atoms. The molecule has 0 aromatic carbocycles. The molecular weight excluding hydrogens is 401 g/mol. The minimum absolute atomic E-state index is 0.210. The minimum atomic E-state index is -0.210. The predicted octanol–water partition coefficient (Wildman–Crippen LogP) is 4.77. The number of nitrogens with one attached hydrogen (secondary N) is 2. The number of halogens is 1. The molecule has 0 unspecified atom stereocenters. The molecule has 7 nitrogen and oxygen atoms in total. The van der Waals surface area contributed by atoms with Crippen LogP contribution in [0.3, 0.4) is 0 Å². The van der Waals surface area contributed by atoms with Crippen LogP contribution in [0.5, 0.6) is 0 Å². The second-order valence-corrected chi connectivity index (χ2v) is 8.04. The van der Waals surface area contributed by atoms with Gasteiger partial charge in [0.1, 0.15) is 11.3 Å². The largest absolute Gasteiger partial charge is 0.338 e. The molecule has 0 saturated heterocycles. The Kier molecular flexibility index (Phi) is 3.59. The summed E-state index contributed by atoms with van der Waals surface area (Å²) in [6.07, 6.45) is 7.28. The van der Waals surface area contributed by atoms with Crippen LogP contribution < -0.4 is 0 Å². The van der Waals surface area contributed by atoms with Gasteiger partial charge in [-0.25, -0.2) is 9.97 Å². The number of aromatic amines is 2. The number of aryl methyl sites for hydroxylation is 1. The lowest BCUT2D eigenvalue weighted by molar-refractivity contribution is 0.657. The van der Waals surface area contributed by atoms with Crippen LogP contribution >= 0.6 is 11.3 Å². The van der Waals surface area contributed by atoms with E-state index in [2.05, 4.69) is 30.2 Å². The Morgan fingerprint density at radius 1 is 1.00 bits per heavy atom. The lowest BCUT2D eigenvalue weighted by Crippen LogP contribution is -1.84. The van der Waals surface area contributed by atoms with Crippen LogP contribution in [0.1, 0.15) is 0 Å². The first-order chi connectivity index (χ1) is 14.7. The van der Waals surface area contributed by atoms with Crippen molar-refractivity contribution in [2.45, 2.75) is 0 Å². The molecule has 6 aromatic heterocycles. The van der Waals surface area contributed by atoms with E-state index in [0.29, 0.717) is 5.65 Å². The van der Waals surface area contributed by atoms with Crippen LogP contribution in [-0.4, -0.2) is 34.9 Å². The summed E-state index contributed by atoms with van der Waals surface area (Å²) >= 11 is 1.12. The highest BCUT2D eigenvalue weighted by molar-refractivity contribution is 7.14. The maximum absolute atomic E-state index is 13.6. The van der Waals surface area contributed by atoms with E-state index in [1.807, 2.05) is 37.6 Å². The Labute approximate surface area is 173 Å². The molecular formula is C21H14FN7S. The van der Waals surface area contributed by atoms with Crippen molar-refractivity contribution in [1.29, 1.82) is 0 Å². The maximum atomic E-state index is 13.6. The summed E-state index contributed by atoms with van der Waals surface area (Å²) in [6.45, 7) is 0. The predicted molar refractivity (Wildman–Crippen MR) is 114 cm³/mol. The molecule has 6 heterocycles. The number of nitrogens with zero attached hydrogens (tertiary/aromatic N) is 5. The van der Waals surface area contributed by atoms with Gasteiger partial charge in [-0.2, -0.15) is 14.6 Å². The summed E-state index contributed by atoms with van der Waals surface area (Å²) in [4.78, 5) is 13.2. The molecule has 0 aliphatic heterocycles. The van der Waals surface area contributed by atoms with Crippen molar-refractivity contribution < 1.29 is 4.39 Å². The van der Waals surface area contributed by atoms with Crippen molar-refractivity contribution in [2.75, 3.05) is 0 Å². The van der Waals surface area contributed by atoms with E-state index < -0.39 is 0 Å². The average molecular weight is 415 g/mol. The van der Waals surface area contributed by atoms with Crippen LogP contribution in [0.15, 0.2) is 55.1 Å². The third kappa shape index (κ3) is 2.63. The fourth-order valence-electron chi connectivity index (χ4n) is 3.67. The van der Waals surface area contributed by atoms with E-state index >= 15 is 0 Å². The van der Waals surface area contributed by atoms with Crippen LogP contribution in [0, 0.1) is 5.13 Å². The number of fused-ring (bicyclic) bond motifs is 2. The third-order valence-corrected chi connectivity index (χ3v) is 5.99. The highest BCUT2D eigenvalue weighted by atomic mass is 32.1. The van der Waals surface area contributed by atoms with E-state index in [0.717, 1.165) is 60.7 Å². The summed E-state index contributed by atoms with van der Waals surface area (Å²) in [6, 6.07) is 9.21. The SMILES string of the molecule is Cn1cc(-c2cnc3[nH]nc(-c4cc5c(-c6ccc(F)s6)ccnc5[nH]4)c3c2)cn1. The first-order valence-electron chi connectivity index (χ1n) is 9.23. The van der Waals surface area contributed by atoms with Gasteiger partial charge in [0, 0.05) is 58.0 Å². The summed E-state index contributed by atoms with van der Waals surface area (Å²) in [5.74, 6) is 0. The highest BCUT2D eigenvalue weighted by Crippen LogP contribution is 2.36. The van der Waals surface area contributed by atoms with Crippen LogP contribution in [0.25, 0.3) is 55.0 Å². The third-order valence-electron chi connectivity index (χ3n) is 5.08. The lowest BCUT2D eigenvalue weighted by atomic mass is 10.1. The number of hydrogen-bond acceptors (Lipinski definition) is 5. The molecule has 0 spiro atoms. The van der Waals surface area contributed by atoms with Crippen molar-refractivity contribution in [3.05, 3.63) is 60.3 Å². The molecule has 0 saturated carbocycles. The van der Waals surface area contributed by atoms with Gasteiger partial charge in [0.15, 0.2) is 10.8 Å².